The predicted octanol–water partition coefficient (Wildman–Crippen LogP) is 3.10. The van der Waals surface area contributed by atoms with Crippen LogP contribution in [-0.2, 0) is 15.5 Å². The summed E-state index contributed by atoms with van der Waals surface area (Å²) in [6, 6.07) is 4.43. The Morgan fingerprint density at radius 1 is 1.41 bits per heavy atom. The fraction of sp³-hybridized carbons (Fsp3) is 0.364. The fourth-order valence-electron chi connectivity index (χ4n) is 1.54. The zero-order chi connectivity index (χ0) is 12.5. The Labute approximate surface area is 104 Å². The number of rotatable bonds is 4. The predicted molar refractivity (Wildman–Crippen MR) is 65.7 cm³/mol. The summed E-state index contributed by atoms with van der Waals surface area (Å²) in [6.45, 7) is 2.08. The largest absolute Gasteiger partial charge is 0.441 e. The van der Waals surface area contributed by atoms with Gasteiger partial charge in [-0.05, 0) is 18.6 Å². The number of halogens is 1. The second-order valence-electron chi connectivity index (χ2n) is 3.78. The number of nitrogens with zero attached hydrogens (tertiary/aromatic N) is 1. The summed E-state index contributed by atoms with van der Waals surface area (Å²) in [5.41, 5.74) is 1.11. The fourth-order valence-corrected chi connectivity index (χ4v) is 2.31. The third-order valence-electron chi connectivity index (χ3n) is 2.43. The van der Waals surface area contributed by atoms with Crippen LogP contribution in [0, 0.1) is 0 Å². The molecule has 0 unspecified atom stereocenters. The van der Waals surface area contributed by atoms with Crippen LogP contribution < -0.4 is 0 Å². The van der Waals surface area contributed by atoms with Crippen LogP contribution in [0.3, 0.4) is 0 Å². The number of aromatic nitrogens is 1. The van der Waals surface area contributed by atoms with Crippen molar-refractivity contribution in [1.82, 2.24) is 4.98 Å². The first-order valence-corrected chi connectivity index (χ1v) is 7.66. The number of hydrogen-bond donors (Lipinski definition) is 0. The van der Waals surface area contributed by atoms with E-state index in [9.17, 15) is 8.42 Å². The van der Waals surface area contributed by atoms with Crippen LogP contribution in [0.25, 0.3) is 11.1 Å². The Morgan fingerprint density at radius 3 is 2.82 bits per heavy atom. The molecule has 0 spiro atoms. The number of oxazole rings is 1. The van der Waals surface area contributed by atoms with E-state index in [0.717, 1.165) is 19.3 Å². The highest BCUT2D eigenvalue weighted by Gasteiger charge is 2.13. The summed E-state index contributed by atoms with van der Waals surface area (Å²) >= 11 is 0. The van der Waals surface area contributed by atoms with E-state index >= 15 is 0 Å². The highest BCUT2D eigenvalue weighted by molar-refractivity contribution is 8.13. The van der Waals surface area contributed by atoms with Gasteiger partial charge in [0, 0.05) is 23.2 Å². The third kappa shape index (κ3) is 2.79. The first-order chi connectivity index (χ1) is 8.00. The Hall–Kier alpha value is -1.07. The van der Waals surface area contributed by atoms with E-state index in [0.29, 0.717) is 17.0 Å². The minimum atomic E-state index is -3.72. The molecule has 0 aliphatic rings. The monoisotopic (exact) mass is 273 g/mol. The standard InChI is InChI=1S/C11H12ClNO3S/c1-2-3-4-11-13-9-6-5-8(17(12,14)15)7-10(9)16-11/h5-7H,2-4H2,1H3. The van der Waals surface area contributed by atoms with E-state index < -0.39 is 9.05 Å². The van der Waals surface area contributed by atoms with Crippen LogP contribution in [0.1, 0.15) is 25.7 Å². The van der Waals surface area contributed by atoms with Gasteiger partial charge in [0.25, 0.3) is 9.05 Å². The molecule has 0 N–H and O–H groups in total. The number of benzene rings is 1. The van der Waals surface area contributed by atoms with E-state index in [1.54, 1.807) is 6.07 Å². The van der Waals surface area contributed by atoms with Crippen molar-refractivity contribution in [3.8, 4) is 0 Å². The maximum Gasteiger partial charge on any atom is 0.261 e. The molecule has 17 heavy (non-hydrogen) atoms. The highest BCUT2D eigenvalue weighted by Crippen LogP contribution is 2.22. The second kappa shape index (κ2) is 4.66. The van der Waals surface area contributed by atoms with Crippen LogP contribution in [0.4, 0.5) is 0 Å². The number of aryl methyl sites for hydroxylation is 1. The summed E-state index contributed by atoms with van der Waals surface area (Å²) < 4.78 is 27.8. The van der Waals surface area contributed by atoms with Gasteiger partial charge in [0.2, 0.25) is 0 Å². The first kappa shape index (κ1) is 12.4. The van der Waals surface area contributed by atoms with Crippen molar-refractivity contribution in [2.45, 2.75) is 31.1 Å². The number of hydrogen-bond acceptors (Lipinski definition) is 4. The average Bonchev–Trinajstić information content (AvgIpc) is 2.66. The molecule has 1 aromatic heterocycles. The van der Waals surface area contributed by atoms with Gasteiger partial charge in [0.05, 0.1) is 4.90 Å². The summed E-state index contributed by atoms with van der Waals surface area (Å²) in [4.78, 5) is 4.30. The molecule has 2 aromatic rings. The van der Waals surface area contributed by atoms with Crippen LogP contribution in [0.5, 0.6) is 0 Å². The van der Waals surface area contributed by atoms with Crippen molar-refractivity contribution >= 4 is 30.8 Å². The Balaban J connectivity index is 2.41. The van der Waals surface area contributed by atoms with Gasteiger partial charge >= 0.3 is 0 Å². The summed E-state index contributed by atoms with van der Waals surface area (Å²) in [5, 5.41) is 0. The van der Waals surface area contributed by atoms with Crippen LogP contribution in [0.2, 0.25) is 0 Å². The van der Waals surface area contributed by atoms with Gasteiger partial charge in [-0.3, -0.25) is 0 Å². The van der Waals surface area contributed by atoms with Gasteiger partial charge in [0.1, 0.15) is 5.52 Å². The molecular formula is C11H12ClNO3S. The molecule has 0 radical (unpaired) electrons. The molecule has 92 valence electrons. The van der Waals surface area contributed by atoms with Gasteiger partial charge in [-0.15, -0.1) is 0 Å². The zero-order valence-corrected chi connectivity index (χ0v) is 10.9. The van der Waals surface area contributed by atoms with Gasteiger partial charge in [-0.1, -0.05) is 13.3 Å². The third-order valence-corrected chi connectivity index (χ3v) is 3.78. The Kier molecular flexibility index (Phi) is 3.40. The normalized spacial score (nSPS) is 12.1. The molecule has 0 saturated carbocycles. The summed E-state index contributed by atoms with van der Waals surface area (Å²) in [6.07, 6.45) is 2.81. The summed E-state index contributed by atoms with van der Waals surface area (Å²) in [5.74, 6) is 0.631. The molecule has 6 heteroatoms. The van der Waals surface area contributed by atoms with Crippen molar-refractivity contribution < 1.29 is 12.8 Å². The lowest BCUT2D eigenvalue weighted by atomic mass is 10.2. The lowest BCUT2D eigenvalue weighted by Crippen LogP contribution is -1.88. The molecule has 0 saturated heterocycles. The quantitative estimate of drug-likeness (QED) is 0.803. The Bertz CT molecular complexity index is 633. The minimum absolute atomic E-state index is 0.0323. The Morgan fingerprint density at radius 2 is 2.18 bits per heavy atom. The van der Waals surface area contributed by atoms with Gasteiger partial charge in [-0.2, -0.15) is 0 Å². The van der Waals surface area contributed by atoms with Crippen LogP contribution >= 0.6 is 10.7 Å². The van der Waals surface area contributed by atoms with Gasteiger partial charge < -0.3 is 4.42 Å². The van der Waals surface area contributed by atoms with E-state index in [2.05, 4.69) is 11.9 Å². The molecule has 0 bridgehead atoms. The zero-order valence-electron chi connectivity index (χ0n) is 9.31. The molecule has 0 aliphatic heterocycles. The summed E-state index contributed by atoms with van der Waals surface area (Å²) in [7, 11) is 1.54. The lowest BCUT2D eigenvalue weighted by Gasteiger charge is -1.93. The van der Waals surface area contributed by atoms with E-state index in [1.165, 1.54) is 12.1 Å². The maximum atomic E-state index is 11.2. The molecular weight excluding hydrogens is 262 g/mol. The molecule has 1 aromatic carbocycles. The van der Waals surface area contributed by atoms with Crippen LogP contribution in [-0.4, -0.2) is 13.4 Å². The number of fused-ring (bicyclic) bond motifs is 1. The van der Waals surface area contributed by atoms with E-state index in [1.807, 2.05) is 0 Å². The van der Waals surface area contributed by atoms with Crippen molar-refractivity contribution in [3.05, 3.63) is 24.1 Å². The maximum absolute atomic E-state index is 11.2. The molecule has 0 fully saturated rings. The second-order valence-corrected chi connectivity index (χ2v) is 6.34. The first-order valence-electron chi connectivity index (χ1n) is 5.35. The molecule has 1 heterocycles. The molecule has 0 aliphatic carbocycles. The van der Waals surface area contributed by atoms with Gasteiger partial charge in [0.15, 0.2) is 11.5 Å². The van der Waals surface area contributed by atoms with Crippen molar-refractivity contribution in [2.24, 2.45) is 0 Å². The van der Waals surface area contributed by atoms with E-state index in [-0.39, 0.29) is 4.90 Å². The van der Waals surface area contributed by atoms with Crippen molar-refractivity contribution in [2.75, 3.05) is 0 Å². The topological polar surface area (TPSA) is 60.2 Å². The molecule has 0 amide bonds. The van der Waals surface area contributed by atoms with Crippen LogP contribution in [0.15, 0.2) is 27.5 Å². The van der Waals surface area contributed by atoms with Gasteiger partial charge in [-0.25, -0.2) is 13.4 Å². The molecule has 2 rings (SSSR count). The molecule has 0 atom stereocenters. The smallest absolute Gasteiger partial charge is 0.261 e. The van der Waals surface area contributed by atoms with Crippen molar-refractivity contribution in [3.63, 3.8) is 0 Å². The van der Waals surface area contributed by atoms with Crippen molar-refractivity contribution in [1.29, 1.82) is 0 Å². The highest BCUT2D eigenvalue weighted by atomic mass is 35.7. The SMILES string of the molecule is CCCCc1nc2ccc(S(=O)(=O)Cl)cc2o1. The lowest BCUT2D eigenvalue weighted by molar-refractivity contribution is 0.517. The molecule has 4 nitrogen and oxygen atoms in total. The van der Waals surface area contributed by atoms with E-state index in [4.69, 9.17) is 15.1 Å². The minimum Gasteiger partial charge on any atom is -0.441 e. The number of unbranched alkanes of at least 4 members (excludes halogenated alkanes) is 1. The average molecular weight is 274 g/mol.